The average Bonchev–Trinajstić information content (AvgIpc) is 3.06. The molecular weight excluding hydrogens is 360 g/mol. The summed E-state index contributed by atoms with van der Waals surface area (Å²) in [6.07, 6.45) is 20.9. The Bertz CT molecular complexity index is 668. The summed E-state index contributed by atoms with van der Waals surface area (Å²) in [5.74, 6) is 6.98. The second-order valence-corrected chi connectivity index (χ2v) is 12.9. The molecule has 0 spiro atoms. The van der Waals surface area contributed by atoms with Gasteiger partial charge >= 0.3 is 0 Å². The van der Waals surface area contributed by atoms with Gasteiger partial charge in [-0.2, -0.15) is 0 Å². The van der Waals surface area contributed by atoms with Gasteiger partial charge in [-0.15, -0.1) is 0 Å². The molecule has 4 rings (SSSR count). The lowest BCUT2D eigenvalue weighted by Gasteiger charge is -2.58. The summed E-state index contributed by atoms with van der Waals surface area (Å²) >= 11 is 0. The third kappa shape index (κ3) is 3.67. The van der Waals surface area contributed by atoms with Crippen molar-refractivity contribution in [1.82, 2.24) is 0 Å². The van der Waals surface area contributed by atoms with Gasteiger partial charge < -0.3 is 0 Å². The lowest BCUT2D eigenvalue weighted by molar-refractivity contribution is -0.0486. The molecular formula is C30H50. The first-order chi connectivity index (χ1) is 14.2. The molecule has 170 valence electrons. The van der Waals surface area contributed by atoms with Crippen molar-refractivity contribution < 1.29 is 0 Å². The number of hydrogen-bond donors (Lipinski definition) is 0. The third-order valence-corrected chi connectivity index (χ3v) is 11.0. The fourth-order valence-electron chi connectivity index (χ4n) is 9.03. The van der Waals surface area contributed by atoms with Crippen molar-refractivity contribution in [3.63, 3.8) is 0 Å². The van der Waals surface area contributed by atoms with Crippen LogP contribution in [0.3, 0.4) is 0 Å². The summed E-state index contributed by atoms with van der Waals surface area (Å²) in [5, 5.41) is 0. The molecule has 0 radical (unpaired) electrons. The van der Waals surface area contributed by atoms with Gasteiger partial charge in [0, 0.05) is 0 Å². The molecule has 30 heavy (non-hydrogen) atoms. The third-order valence-electron chi connectivity index (χ3n) is 11.0. The van der Waals surface area contributed by atoms with Crippen LogP contribution in [0, 0.1) is 58.2 Å². The molecule has 4 aliphatic rings. The molecule has 3 saturated carbocycles. The first-order valence-electron chi connectivity index (χ1n) is 13.6. The van der Waals surface area contributed by atoms with Crippen molar-refractivity contribution in [2.45, 2.75) is 106 Å². The van der Waals surface area contributed by atoms with E-state index in [1.54, 1.807) is 0 Å². The van der Waals surface area contributed by atoms with Crippen LogP contribution >= 0.6 is 0 Å². The lowest BCUT2D eigenvalue weighted by Crippen LogP contribution is -2.50. The van der Waals surface area contributed by atoms with E-state index in [0.717, 1.165) is 47.3 Å². The summed E-state index contributed by atoms with van der Waals surface area (Å²) in [6.45, 7) is 17.5. The summed E-state index contributed by atoms with van der Waals surface area (Å²) in [5.41, 5.74) is 2.97. The second-order valence-electron chi connectivity index (χ2n) is 12.9. The fraction of sp³-hybridized carbons (Fsp3) is 0.867. The van der Waals surface area contributed by atoms with E-state index >= 15 is 0 Å². The van der Waals surface area contributed by atoms with E-state index in [2.05, 4.69) is 66.7 Å². The minimum Gasteiger partial charge on any atom is -0.0851 e. The van der Waals surface area contributed by atoms with E-state index in [9.17, 15) is 0 Å². The molecule has 3 fully saturated rings. The number of rotatable bonds is 5. The van der Waals surface area contributed by atoms with Gasteiger partial charge in [0.15, 0.2) is 0 Å². The molecule has 0 heteroatoms. The molecule has 0 N–H and O–H groups in total. The van der Waals surface area contributed by atoms with Crippen LogP contribution in [0.4, 0.5) is 0 Å². The minimum absolute atomic E-state index is 0.534. The van der Waals surface area contributed by atoms with Crippen molar-refractivity contribution in [2.24, 2.45) is 58.2 Å². The highest BCUT2D eigenvalue weighted by Gasteiger charge is 2.58. The normalized spacial score (nSPS) is 45.6. The van der Waals surface area contributed by atoms with Gasteiger partial charge in [-0.25, -0.2) is 0 Å². The van der Waals surface area contributed by atoms with E-state index < -0.39 is 0 Å². The van der Waals surface area contributed by atoms with Gasteiger partial charge in [-0.1, -0.05) is 72.3 Å². The Balaban J connectivity index is 1.52. The molecule has 0 aromatic carbocycles. The maximum atomic E-state index is 2.74. The lowest BCUT2D eigenvalue weighted by atomic mass is 9.46. The summed E-state index contributed by atoms with van der Waals surface area (Å²) in [4.78, 5) is 0. The first-order valence-corrected chi connectivity index (χ1v) is 13.6. The average molecular weight is 411 g/mol. The number of allylic oxidation sites excluding steroid dienone is 4. The highest BCUT2D eigenvalue weighted by Crippen LogP contribution is 2.67. The predicted octanol–water partition coefficient (Wildman–Crippen LogP) is 9.08. The van der Waals surface area contributed by atoms with Crippen LogP contribution in [0.25, 0.3) is 0 Å². The Morgan fingerprint density at radius 1 is 1.00 bits per heavy atom. The molecule has 4 aliphatic carbocycles. The van der Waals surface area contributed by atoms with Crippen LogP contribution in [0.5, 0.6) is 0 Å². The second kappa shape index (κ2) is 8.44. The molecule has 0 bridgehead atoms. The maximum absolute atomic E-state index is 2.74. The van der Waals surface area contributed by atoms with Crippen molar-refractivity contribution >= 4 is 0 Å². The van der Waals surface area contributed by atoms with Crippen LogP contribution in [0.15, 0.2) is 23.8 Å². The standard InChI is InChI=1S/C30H50/c1-8-23(20(2)3)10-9-22(5)26-13-14-27-25-12-11-24-19-21(4)15-17-29(24,6)28(25)16-18-30(26,27)7/h9-11,20-23,25-28H,8,12-19H2,1-7H3/b10-9+/t21-,22+,23+,25?,26+,27-,28-,29-,30+/m0/s1. The Kier molecular flexibility index (Phi) is 6.38. The van der Waals surface area contributed by atoms with Crippen molar-refractivity contribution in [3.8, 4) is 0 Å². The fourth-order valence-corrected chi connectivity index (χ4v) is 9.03. The molecule has 9 atom stereocenters. The Morgan fingerprint density at radius 3 is 2.47 bits per heavy atom. The highest BCUT2D eigenvalue weighted by atomic mass is 14.6. The molecule has 0 amide bonds. The van der Waals surface area contributed by atoms with E-state index in [0.29, 0.717) is 10.8 Å². The van der Waals surface area contributed by atoms with Crippen LogP contribution in [-0.2, 0) is 0 Å². The Hall–Kier alpha value is -0.520. The molecule has 0 heterocycles. The van der Waals surface area contributed by atoms with Crippen LogP contribution < -0.4 is 0 Å². The summed E-state index contributed by atoms with van der Waals surface area (Å²) in [6, 6.07) is 0. The van der Waals surface area contributed by atoms with Crippen LogP contribution in [-0.4, -0.2) is 0 Å². The van der Waals surface area contributed by atoms with Gasteiger partial charge in [0.25, 0.3) is 0 Å². The van der Waals surface area contributed by atoms with E-state index in [1.807, 2.05) is 5.57 Å². The van der Waals surface area contributed by atoms with Gasteiger partial charge in [-0.3, -0.25) is 0 Å². The minimum atomic E-state index is 0.534. The molecule has 1 unspecified atom stereocenters. The van der Waals surface area contributed by atoms with E-state index in [1.165, 1.54) is 57.8 Å². The van der Waals surface area contributed by atoms with E-state index in [-0.39, 0.29) is 0 Å². The molecule has 0 saturated heterocycles. The monoisotopic (exact) mass is 410 g/mol. The van der Waals surface area contributed by atoms with Gasteiger partial charge in [-0.05, 0) is 116 Å². The zero-order chi connectivity index (χ0) is 21.7. The SMILES string of the molecule is CC[C@H](/C=C/[C@@H](C)[C@H]1CC[C@H]2C3CC=C4C[C@@H](C)CC[C@]4(C)[C@H]3CC[C@]12C)C(C)C. The largest absolute Gasteiger partial charge is 0.0851 e. The van der Waals surface area contributed by atoms with Crippen LogP contribution in [0.2, 0.25) is 0 Å². The molecule has 0 nitrogen and oxygen atoms in total. The quantitative estimate of drug-likeness (QED) is 0.396. The van der Waals surface area contributed by atoms with Gasteiger partial charge in [0.1, 0.15) is 0 Å². The molecule has 0 aromatic heterocycles. The van der Waals surface area contributed by atoms with Crippen molar-refractivity contribution in [3.05, 3.63) is 23.8 Å². The highest BCUT2D eigenvalue weighted by molar-refractivity contribution is 5.25. The topological polar surface area (TPSA) is 0 Å². The molecule has 0 aliphatic heterocycles. The number of hydrogen-bond acceptors (Lipinski definition) is 0. The number of fused-ring (bicyclic) bond motifs is 5. The smallest absolute Gasteiger partial charge is 0.00851 e. The zero-order valence-electron chi connectivity index (χ0n) is 21.2. The molecule has 0 aromatic rings. The maximum Gasteiger partial charge on any atom is -0.00851 e. The van der Waals surface area contributed by atoms with Gasteiger partial charge in [0.2, 0.25) is 0 Å². The van der Waals surface area contributed by atoms with E-state index in [4.69, 9.17) is 0 Å². The summed E-state index contributed by atoms with van der Waals surface area (Å²) in [7, 11) is 0. The van der Waals surface area contributed by atoms with Gasteiger partial charge in [0.05, 0.1) is 0 Å². The zero-order valence-corrected chi connectivity index (χ0v) is 21.2. The Morgan fingerprint density at radius 2 is 1.77 bits per heavy atom. The first kappa shape index (κ1) is 22.7. The Labute approximate surface area is 188 Å². The summed E-state index contributed by atoms with van der Waals surface area (Å²) < 4.78 is 0. The van der Waals surface area contributed by atoms with Crippen molar-refractivity contribution in [1.29, 1.82) is 0 Å². The van der Waals surface area contributed by atoms with Crippen LogP contribution in [0.1, 0.15) is 106 Å². The predicted molar refractivity (Wildman–Crippen MR) is 131 cm³/mol. The van der Waals surface area contributed by atoms with Crippen molar-refractivity contribution in [2.75, 3.05) is 0 Å².